The fourth-order valence-electron chi connectivity index (χ4n) is 1.69. The second-order valence-corrected chi connectivity index (χ2v) is 3.90. The minimum atomic E-state index is -0.345. The number of nitrogens with zero attached hydrogens (tertiary/aromatic N) is 2. The van der Waals surface area contributed by atoms with Crippen molar-refractivity contribution in [3.8, 4) is 0 Å². The van der Waals surface area contributed by atoms with Crippen LogP contribution in [0.5, 0.6) is 0 Å². The van der Waals surface area contributed by atoms with E-state index in [0.717, 1.165) is 17.9 Å². The van der Waals surface area contributed by atoms with E-state index in [1.165, 1.54) is 0 Å². The Morgan fingerprint density at radius 1 is 1.60 bits per heavy atom. The zero-order valence-electron chi connectivity index (χ0n) is 8.99. The molecule has 0 spiro atoms. The van der Waals surface area contributed by atoms with Crippen LogP contribution in [0.1, 0.15) is 23.8 Å². The molecule has 2 N–H and O–H groups in total. The summed E-state index contributed by atoms with van der Waals surface area (Å²) in [5.74, 6) is 1.39. The van der Waals surface area contributed by atoms with E-state index >= 15 is 0 Å². The Morgan fingerprint density at radius 2 is 2.33 bits per heavy atom. The van der Waals surface area contributed by atoms with E-state index in [0.29, 0.717) is 19.0 Å². The molecule has 1 aromatic heterocycles. The molecule has 5 heteroatoms. The van der Waals surface area contributed by atoms with Crippen LogP contribution in [0.4, 0.5) is 0 Å². The van der Waals surface area contributed by atoms with E-state index in [9.17, 15) is 4.79 Å². The molecule has 0 bridgehead atoms. The van der Waals surface area contributed by atoms with Crippen LogP contribution >= 0.6 is 0 Å². The maximum absolute atomic E-state index is 11.5. The third-order valence-electron chi connectivity index (χ3n) is 2.74. The third-order valence-corrected chi connectivity index (χ3v) is 2.74. The summed E-state index contributed by atoms with van der Waals surface area (Å²) < 4.78 is 5.41. The summed E-state index contributed by atoms with van der Waals surface area (Å²) in [5, 5.41) is 0. The molecule has 1 aromatic rings. The molecular weight excluding hydrogens is 194 g/mol. The molecule has 1 unspecified atom stereocenters. The molecule has 5 nitrogen and oxygen atoms in total. The number of hydrogen-bond donors (Lipinski definition) is 1. The van der Waals surface area contributed by atoms with Gasteiger partial charge in [0.15, 0.2) is 0 Å². The van der Waals surface area contributed by atoms with Gasteiger partial charge in [0.05, 0.1) is 18.3 Å². The van der Waals surface area contributed by atoms with Crippen LogP contribution in [0.3, 0.4) is 0 Å². The van der Waals surface area contributed by atoms with Gasteiger partial charge >= 0.3 is 0 Å². The molecule has 1 atom stereocenters. The van der Waals surface area contributed by atoms with Crippen molar-refractivity contribution in [3.63, 3.8) is 0 Å². The van der Waals surface area contributed by atoms with Crippen LogP contribution in [0.15, 0.2) is 4.42 Å². The summed E-state index contributed by atoms with van der Waals surface area (Å²) in [7, 11) is 0. The number of rotatable bonds is 2. The highest BCUT2D eigenvalue weighted by Crippen LogP contribution is 2.15. The second kappa shape index (κ2) is 3.66. The number of oxazole rings is 1. The highest BCUT2D eigenvalue weighted by molar-refractivity contribution is 5.83. The summed E-state index contributed by atoms with van der Waals surface area (Å²) in [6.07, 6.45) is 0.720. The molecule has 1 saturated heterocycles. The van der Waals surface area contributed by atoms with Gasteiger partial charge in [0.2, 0.25) is 11.8 Å². The van der Waals surface area contributed by atoms with Crippen molar-refractivity contribution in [1.29, 1.82) is 0 Å². The fraction of sp³-hybridized carbons (Fsp3) is 0.600. The molecular formula is C10H15N3O2. The summed E-state index contributed by atoms with van der Waals surface area (Å²) >= 11 is 0. The minimum Gasteiger partial charge on any atom is -0.444 e. The number of carbonyl (C=O) groups is 1. The molecule has 1 aliphatic heterocycles. The molecule has 15 heavy (non-hydrogen) atoms. The van der Waals surface area contributed by atoms with Crippen LogP contribution in [-0.2, 0) is 11.3 Å². The first-order chi connectivity index (χ1) is 7.08. The van der Waals surface area contributed by atoms with Crippen molar-refractivity contribution in [2.75, 3.05) is 6.54 Å². The molecule has 0 aromatic carbocycles. The average Bonchev–Trinajstić information content (AvgIpc) is 2.65. The lowest BCUT2D eigenvalue weighted by Crippen LogP contribution is -2.33. The highest BCUT2D eigenvalue weighted by atomic mass is 16.4. The predicted molar refractivity (Wildman–Crippen MR) is 54.0 cm³/mol. The third kappa shape index (κ3) is 1.87. The first-order valence-electron chi connectivity index (χ1n) is 5.05. The van der Waals surface area contributed by atoms with Crippen molar-refractivity contribution < 1.29 is 9.21 Å². The number of amides is 1. The van der Waals surface area contributed by atoms with Gasteiger partial charge in [-0.15, -0.1) is 0 Å². The van der Waals surface area contributed by atoms with Gasteiger partial charge in [-0.05, 0) is 20.3 Å². The molecule has 1 amide bonds. The second-order valence-electron chi connectivity index (χ2n) is 3.90. The van der Waals surface area contributed by atoms with Crippen molar-refractivity contribution >= 4 is 5.91 Å². The molecule has 1 aliphatic rings. The van der Waals surface area contributed by atoms with Gasteiger partial charge in [-0.3, -0.25) is 4.79 Å². The standard InChI is InChI=1S/C10H15N3O2/c1-6-7(2)15-9(12-6)5-13-4-3-8(11)10(13)14/h8H,3-5,11H2,1-2H3. The SMILES string of the molecule is Cc1nc(CN2CCC(N)C2=O)oc1C. The molecule has 2 heterocycles. The monoisotopic (exact) mass is 209 g/mol. The van der Waals surface area contributed by atoms with E-state index in [1.54, 1.807) is 4.90 Å². The number of nitrogens with two attached hydrogens (primary N) is 1. The van der Waals surface area contributed by atoms with E-state index < -0.39 is 0 Å². The summed E-state index contributed by atoms with van der Waals surface area (Å²) in [6.45, 7) is 4.88. The molecule has 82 valence electrons. The molecule has 0 radical (unpaired) electrons. The zero-order valence-corrected chi connectivity index (χ0v) is 8.99. The molecule has 0 aliphatic carbocycles. The largest absolute Gasteiger partial charge is 0.444 e. The normalized spacial score (nSPS) is 21.4. The summed E-state index contributed by atoms with van der Waals surface area (Å²) in [6, 6.07) is -0.345. The topological polar surface area (TPSA) is 72.4 Å². The number of hydrogen-bond acceptors (Lipinski definition) is 4. The predicted octanol–water partition coefficient (Wildman–Crippen LogP) is 0.351. The van der Waals surface area contributed by atoms with Crippen LogP contribution in [-0.4, -0.2) is 28.4 Å². The number of carbonyl (C=O) groups excluding carboxylic acids is 1. The fourth-order valence-corrected chi connectivity index (χ4v) is 1.69. The molecule has 0 saturated carbocycles. The van der Waals surface area contributed by atoms with E-state index in [1.807, 2.05) is 13.8 Å². The lowest BCUT2D eigenvalue weighted by Gasteiger charge is -2.12. The quantitative estimate of drug-likeness (QED) is 0.762. The van der Waals surface area contributed by atoms with Gasteiger partial charge in [0.1, 0.15) is 5.76 Å². The van der Waals surface area contributed by atoms with Gasteiger partial charge in [-0.25, -0.2) is 4.98 Å². The van der Waals surface area contributed by atoms with Crippen LogP contribution < -0.4 is 5.73 Å². The van der Waals surface area contributed by atoms with Gasteiger partial charge in [0, 0.05) is 6.54 Å². The number of aryl methyl sites for hydroxylation is 2. The molecule has 2 rings (SSSR count). The molecule has 1 fully saturated rings. The zero-order chi connectivity index (χ0) is 11.0. The van der Waals surface area contributed by atoms with Crippen LogP contribution in [0.25, 0.3) is 0 Å². The van der Waals surface area contributed by atoms with Crippen LogP contribution in [0, 0.1) is 13.8 Å². The smallest absolute Gasteiger partial charge is 0.240 e. The van der Waals surface area contributed by atoms with E-state index in [4.69, 9.17) is 10.2 Å². The Kier molecular flexibility index (Phi) is 2.48. The van der Waals surface area contributed by atoms with Crippen molar-refractivity contribution in [1.82, 2.24) is 9.88 Å². The Labute approximate surface area is 88.3 Å². The van der Waals surface area contributed by atoms with Crippen LogP contribution in [0.2, 0.25) is 0 Å². The Balaban J connectivity index is 2.06. The highest BCUT2D eigenvalue weighted by Gasteiger charge is 2.29. The number of likely N-dealkylation sites (tertiary alicyclic amines) is 1. The number of aromatic nitrogens is 1. The average molecular weight is 209 g/mol. The first kappa shape index (κ1) is 10.2. The first-order valence-corrected chi connectivity index (χ1v) is 5.05. The lowest BCUT2D eigenvalue weighted by atomic mass is 10.3. The van der Waals surface area contributed by atoms with Gasteiger partial charge in [-0.1, -0.05) is 0 Å². The summed E-state index contributed by atoms with van der Waals surface area (Å²) in [4.78, 5) is 17.5. The maximum atomic E-state index is 11.5. The summed E-state index contributed by atoms with van der Waals surface area (Å²) in [5.41, 5.74) is 6.49. The van der Waals surface area contributed by atoms with E-state index in [-0.39, 0.29) is 11.9 Å². The van der Waals surface area contributed by atoms with Gasteiger partial charge in [0.25, 0.3) is 0 Å². The van der Waals surface area contributed by atoms with Crippen molar-refractivity contribution in [3.05, 3.63) is 17.3 Å². The van der Waals surface area contributed by atoms with Gasteiger partial charge < -0.3 is 15.1 Å². The van der Waals surface area contributed by atoms with E-state index in [2.05, 4.69) is 4.98 Å². The lowest BCUT2D eigenvalue weighted by molar-refractivity contribution is -0.129. The van der Waals surface area contributed by atoms with Crippen molar-refractivity contribution in [2.24, 2.45) is 5.73 Å². The maximum Gasteiger partial charge on any atom is 0.240 e. The Hall–Kier alpha value is -1.36. The Bertz CT molecular complexity index is 367. The Morgan fingerprint density at radius 3 is 2.80 bits per heavy atom. The van der Waals surface area contributed by atoms with Crippen molar-refractivity contribution in [2.45, 2.75) is 32.9 Å². The van der Waals surface area contributed by atoms with Gasteiger partial charge in [-0.2, -0.15) is 0 Å². The minimum absolute atomic E-state index is 0.0106.